The Bertz CT molecular complexity index is 838. The summed E-state index contributed by atoms with van der Waals surface area (Å²) >= 11 is 0. The lowest BCUT2D eigenvalue weighted by molar-refractivity contribution is 0.129. The number of ether oxygens (including phenoxy) is 3. The SMILES string of the molecule is COC(c1ccccn1)c1cnc(-c2ccc3c(c2)OCO3)cn1. The Labute approximate surface area is 139 Å². The number of hydrogen-bond acceptors (Lipinski definition) is 6. The maximum absolute atomic E-state index is 5.53. The Morgan fingerprint density at radius 2 is 1.88 bits per heavy atom. The van der Waals surface area contributed by atoms with Gasteiger partial charge in [0.15, 0.2) is 11.5 Å². The quantitative estimate of drug-likeness (QED) is 0.736. The van der Waals surface area contributed by atoms with E-state index in [-0.39, 0.29) is 12.9 Å². The van der Waals surface area contributed by atoms with E-state index in [1.54, 1.807) is 25.7 Å². The highest BCUT2D eigenvalue weighted by molar-refractivity contribution is 5.63. The van der Waals surface area contributed by atoms with E-state index in [2.05, 4.69) is 15.0 Å². The minimum Gasteiger partial charge on any atom is -0.454 e. The predicted molar refractivity (Wildman–Crippen MR) is 86.7 cm³/mol. The van der Waals surface area contributed by atoms with Crippen LogP contribution < -0.4 is 9.47 Å². The van der Waals surface area contributed by atoms with E-state index in [0.29, 0.717) is 5.69 Å². The van der Waals surface area contributed by atoms with E-state index in [1.165, 1.54) is 0 Å². The highest BCUT2D eigenvalue weighted by Gasteiger charge is 2.18. The monoisotopic (exact) mass is 321 g/mol. The molecule has 3 heterocycles. The Balaban J connectivity index is 1.62. The molecule has 120 valence electrons. The van der Waals surface area contributed by atoms with Crippen molar-refractivity contribution in [1.82, 2.24) is 15.0 Å². The van der Waals surface area contributed by atoms with Crippen LogP contribution in [0.25, 0.3) is 11.3 Å². The van der Waals surface area contributed by atoms with E-state index >= 15 is 0 Å². The maximum atomic E-state index is 5.53. The fraction of sp³-hybridized carbons (Fsp3) is 0.167. The van der Waals surface area contributed by atoms with Crippen LogP contribution in [0.2, 0.25) is 0 Å². The molecule has 0 fully saturated rings. The van der Waals surface area contributed by atoms with Crippen molar-refractivity contribution in [1.29, 1.82) is 0 Å². The van der Waals surface area contributed by atoms with Crippen LogP contribution in [-0.2, 0) is 4.74 Å². The zero-order chi connectivity index (χ0) is 16.4. The first-order valence-corrected chi connectivity index (χ1v) is 7.51. The van der Waals surface area contributed by atoms with Gasteiger partial charge in [0.2, 0.25) is 6.79 Å². The minimum absolute atomic E-state index is 0.253. The molecule has 0 spiro atoms. The topological polar surface area (TPSA) is 66.4 Å². The lowest BCUT2D eigenvalue weighted by Gasteiger charge is -2.14. The summed E-state index contributed by atoms with van der Waals surface area (Å²) in [7, 11) is 1.63. The number of pyridine rings is 1. The number of fused-ring (bicyclic) bond motifs is 1. The summed E-state index contributed by atoms with van der Waals surface area (Å²) in [6.07, 6.45) is 4.82. The van der Waals surface area contributed by atoms with Gasteiger partial charge in [0.1, 0.15) is 6.10 Å². The molecule has 1 aromatic carbocycles. The van der Waals surface area contributed by atoms with Crippen molar-refractivity contribution in [2.24, 2.45) is 0 Å². The molecule has 2 aromatic heterocycles. The predicted octanol–water partition coefficient (Wildman–Crippen LogP) is 3.00. The van der Waals surface area contributed by atoms with Crippen molar-refractivity contribution < 1.29 is 14.2 Å². The smallest absolute Gasteiger partial charge is 0.231 e. The average molecular weight is 321 g/mol. The van der Waals surface area contributed by atoms with Gasteiger partial charge >= 0.3 is 0 Å². The molecule has 3 aromatic rings. The van der Waals surface area contributed by atoms with Crippen molar-refractivity contribution in [3.63, 3.8) is 0 Å². The molecular formula is C18H15N3O3. The molecule has 1 aliphatic heterocycles. The summed E-state index contributed by atoms with van der Waals surface area (Å²) in [5.41, 5.74) is 3.18. The molecule has 1 aliphatic rings. The van der Waals surface area contributed by atoms with Gasteiger partial charge in [-0.05, 0) is 30.3 Å². The van der Waals surface area contributed by atoms with E-state index in [4.69, 9.17) is 14.2 Å². The number of nitrogens with zero attached hydrogens (tertiary/aromatic N) is 3. The molecule has 0 saturated carbocycles. The second kappa shape index (κ2) is 6.25. The van der Waals surface area contributed by atoms with Gasteiger partial charge in [-0.25, -0.2) is 0 Å². The first-order valence-electron chi connectivity index (χ1n) is 7.51. The zero-order valence-electron chi connectivity index (χ0n) is 13.0. The van der Waals surface area contributed by atoms with Gasteiger partial charge < -0.3 is 14.2 Å². The molecule has 0 radical (unpaired) electrons. The maximum Gasteiger partial charge on any atom is 0.231 e. The van der Waals surface area contributed by atoms with Crippen molar-refractivity contribution in [3.05, 3.63) is 66.4 Å². The second-order valence-electron chi connectivity index (χ2n) is 5.26. The molecule has 0 amide bonds. The Kier molecular flexibility index (Phi) is 3.80. The zero-order valence-corrected chi connectivity index (χ0v) is 13.0. The third-order valence-electron chi connectivity index (χ3n) is 3.80. The molecule has 0 saturated heterocycles. The summed E-state index contributed by atoms with van der Waals surface area (Å²) in [5.74, 6) is 1.47. The molecule has 1 atom stereocenters. The molecule has 0 aliphatic carbocycles. The van der Waals surface area contributed by atoms with Gasteiger partial charge in [-0.2, -0.15) is 0 Å². The van der Waals surface area contributed by atoms with Crippen LogP contribution in [0.1, 0.15) is 17.5 Å². The van der Waals surface area contributed by atoms with Crippen LogP contribution >= 0.6 is 0 Å². The summed E-state index contributed by atoms with van der Waals surface area (Å²) in [5, 5.41) is 0. The minimum atomic E-state index is -0.343. The first kappa shape index (κ1) is 14.6. The fourth-order valence-electron chi connectivity index (χ4n) is 2.60. The van der Waals surface area contributed by atoms with Gasteiger partial charge in [-0.3, -0.25) is 15.0 Å². The highest BCUT2D eigenvalue weighted by Crippen LogP contribution is 2.35. The normalized spacial score (nSPS) is 13.7. The van der Waals surface area contributed by atoms with E-state index in [0.717, 1.165) is 28.5 Å². The Morgan fingerprint density at radius 1 is 0.958 bits per heavy atom. The number of benzene rings is 1. The van der Waals surface area contributed by atoms with Crippen LogP contribution in [0, 0.1) is 0 Å². The third kappa shape index (κ3) is 2.68. The molecule has 6 nitrogen and oxygen atoms in total. The summed E-state index contributed by atoms with van der Waals surface area (Å²) in [6.45, 7) is 0.253. The summed E-state index contributed by atoms with van der Waals surface area (Å²) in [6, 6.07) is 11.4. The number of hydrogen-bond donors (Lipinski definition) is 0. The van der Waals surface area contributed by atoms with E-state index in [9.17, 15) is 0 Å². The van der Waals surface area contributed by atoms with Crippen LogP contribution in [0.4, 0.5) is 0 Å². The van der Waals surface area contributed by atoms with E-state index in [1.807, 2.05) is 36.4 Å². The molecule has 0 N–H and O–H groups in total. The Hall–Kier alpha value is -2.99. The molecule has 1 unspecified atom stereocenters. The lowest BCUT2D eigenvalue weighted by Crippen LogP contribution is -2.08. The second-order valence-corrected chi connectivity index (χ2v) is 5.26. The van der Waals surface area contributed by atoms with Crippen LogP contribution in [0.3, 0.4) is 0 Å². The van der Waals surface area contributed by atoms with E-state index < -0.39 is 0 Å². The van der Waals surface area contributed by atoms with Gasteiger partial charge in [0.25, 0.3) is 0 Å². The Morgan fingerprint density at radius 3 is 2.62 bits per heavy atom. The number of rotatable bonds is 4. The standard InChI is InChI=1S/C18H15N3O3/c1-22-18(13-4-2-3-7-19-13)15-10-20-14(9-21-15)12-5-6-16-17(8-12)24-11-23-16/h2-10,18H,11H2,1H3. The van der Waals surface area contributed by atoms with Crippen molar-refractivity contribution in [2.75, 3.05) is 13.9 Å². The highest BCUT2D eigenvalue weighted by atomic mass is 16.7. The average Bonchev–Trinajstić information content (AvgIpc) is 3.12. The molecule has 0 bridgehead atoms. The van der Waals surface area contributed by atoms with Crippen molar-refractivity contribution in [3.8, 4) is 22.8 Å². The summed E-state index contributed by atoms with van der Waals surface area (Å²) in [4.78, 5) is 13.3. The van der Waals surface area contributed by atoms with Crippen LogP contribution in [-0.4, -0.2) is 28.9 Å². The molecular weight excluding hydrogens is 306 g/mol. The first-order chi connectivity index (χ1) is 11.8. The lowest BCUT2D eigenvalue weighted by atomic mass is 10.1. The molecule has 4 rings (SSSR count). The van der Waals surface area contributed by atoms with Gasteiger partial charge in [-0.1, -0.05) is 6.07 Å². The number of methoxy groups -OCH3 is 1. The third-order valence-corrected chi connectivity index (χ3v) is 3.80. The van der Waals surface area contributed by atoms with Crippen LogP contribution in [0.15, 0.2) is 55.0 Å². The van der Waals surface area contributed by atoms with Gasteiger partial charge in [0, 0.05) is 18.9 Å². The summed E-state index contributed by atoms with van der Waals surface area (Å²) < 4.78 is 16.2. The largest absolute Gasteiger partial charge is 0.454 e. The van der Waals surface area contributed by atoms with Gasteiger partial charge in [-0.15, -0.1) is 0 Å². The number of aromatic nitrogens is 3. The fourth-order valence-corrected chi connectivity index (χ4v) is 2.60. The molecule has 24 heavy (non-hydrogen) atoms. The molecule has 6 heteroatoms. The van der Waals surface area contributed by atoms with Gasteiger partial charge in [0.05, 0.1) is 29.5 Å². The van der Waals surface area contributed by atoms with Crippen molar-refractivity contribution >= 4 is 0 Å². The van der Waals surface area contributed by atoms with Crippen LogP contribution in [0.5, 0.6) is 11.5 Å². The van der Waals surface area contributed by atoms with Crippen molar-refractivity contribution in [2.45, 2.75) is 6.10 Å².